The Bertz CT molecular complexity index is 640. The summed E-state index contributed by atoms with van der Waals surface area (Å²) in [5.74, 6) is -1.41. The first-order chi connectivity index (χ1) is 10.4. The maximum absolute atomic E-state index is 12.2. The predicted octanol–water partition coefficient (Wildman–Crippen LogP) is 1.09. The molecule has 1 amide bonds. The molecule has 0 saturated heterocycles. The van der Waals surface area contributed by atoms with E-state index in [1.165, 1.54) is 25.3 Å². The number of carbonyl (C=O) groups is 2. The normalized spacial score (nSPS) is 12.5. The monoisotopic (exact) mass is 329 g/mol. The van der Waals surface area contributed by atoms with Gasteiger partial charge in [0.05, 0.1) is 17.6 Å². The smallest absolute Gasteiger partial charge is 0.337 e. The minimum atomic E-state index is -4.08. The molecule has 8 heteroatoms. The minimum absolute atomic E-state index is 0.0784. The quantitative estimate of drug-likeness (QED) is 0.752. The Morgan fingerprint density at radius 3 is 2.50 bits per heavy atom. The number of hydrogen-bond acceptors (Lipinski definition) is 6. The van der Waals surface area contributed by atoms with Gasteiger partial charge in [0.2, 0.25) is 0 Å². The second kappa shape index (κ2) is 7.90. The fraction of sp³-hybridized carbons (Fsp3) is 0.429. The number of nitrogens with one attached hydrogen (secondary N) is 1. The SMILES string of the molecule is CCO[C@@H](CC)C(=O)NS(=O)(=O)c1cccc(C(=O)OC)c1. The van der Waals surface area contributed by atoms with E-state index >= 15 is 0 Å². The van der Waals surface area contributed by atoms with Crippen molar-refractivity contribution in [2.75, 3.05) is 13.7 Å². The molecule has 0 heterocycles. The number of hydrogen-bond donors (Lipinski definition) is 1. The minimum Gasteiger partial charge on any atom is -0.465 e. The van der Waals surface area contributed by atoms with Gasteiger partial charge in [0.15, 0.2) is 0 Å². The average Bonchev–Trinajstić information content (AvgIpc) is 2.51. The Morgan fingerprint density at radius 1 is 1.27 bits per heavy atom. The Labute approximate surface area is 129 Å². The second-order valence-corrected chi connectivity index (χ2v) is 6.02. The van der Waals surface area contributed by atoms with Gasteiger partial charge in [-0.3, -0.25) is 4.79 Å². The fourth-order valence-corrected chi connectivity index (χ4v) is 2.80. The van der Waals surface area contributed by atoms with E-state index in [9.17, 15) is 18.0 Å². The molecule has 1 rings (SSSR count). The molecule has 1 atom stereocenters. The van der Waals surface area contributed by atoms with Crippen LogP contribution in [-0.2, 0) is 24.3 Å². The molecule has 0 radical (unpaired) electrons. The van der Waals surface area contributed by atoms with Gasteiger partial charge in [-0.1, -0.05) is 13.0 Å². The molecule has 122 valence electrons. The number of rotatable bonds is 7. The third-order valence-electron chi connectivity index (χ3n) is 2.83. The number of esters is 1. The predicted molar refractivity (Wildman–Crippen MR) is 78.8 cm³/mol. The molecule has 1 N–H and O–H groups in total. The summed E-state index contributed by atoms with van der Waals surface area (Å²) in [5.41, 5.74) is 0.0784. The Morgan fingerprint density at radius 2 is 1.95 bits per heavy atom. The van der Waals surface area contributed by atoms with E-state index in [0.717, 1.165) is 6.07 Å². The van der Waals surface area contributed by atoms with Crippen molar-refractivity contribution in [3.8, 4) is 0 Å². The van der Waals surface area contributed by atoms with Crippen molar-refractivity contribution >= 4 is 21.9 Å². The largest absolute Gasteiger partial charge is 0.465 e. The highest BCUT2D eigenvalue weighted by atomic mass is 32.2. The van der Waals surface area contributed by atoms with Crippen molar-refractivity contribution in [3.63, 3.8) is 0 Å². The van der Waals surface area contributed by atoms with E-state index in [2.05, 4.69) is 4.74 Å². The van der Waals surface area contributed by atoms with E-state index in [0.29, 0.717) is 13.0 Å². The first kappa shape index (κ1) is 18.1. The molecule has 0 aliphatic carbocycles. The number of sulfonamides is 1. The lowest BCUT2D eigenvalue weighted by Gasteiger charge is -2.15. The van der Waals surface area contributed by atoms with Crippen LogP contribution in [0.25, 0.3) is 0 Å². The Hall–Kier alpha value is -1.93. The lowest BCUT2D eigenvalue weighted by molar-refractivity contribution is -0.130. The Balaban J connectivity index is 3.00. The van der Waals surface area contributed by atoms with Gasteiger partial charge in [-0.25, -0.2) is 17.9 Å². The Kier molecular flexibility index (Phi) is 6.51. The first-order valence-electron chi connectivity index (χ1n) is 6.72. The summed E-state index contributed by atoms with van der Waals surface area (Å²) >= 11 is 0. The van der Waals surface area contributed by atoms with Crippen LogP contribution in [0.3, 0.4) is 0 Å². The summed E-state index contributed by atoms with van der Waals surface area (Å²) in [7, 11) is -2.89. The fourth-order valence-electron chi connectivity index (χ4n) is 1.75. The van der Waals surface area contributed by atoms with Crippen LogP contribution >= 0.6 is 0 Å². The van der Waals surface area contributed by atoms with Crippen molar-refractivity contribution in [2.45, 2.75) is 31.3 Å². The lowest BCUT2D eigenvalue weighted by atomic mass is 10.2. The standard InChI is InChI=1S/C14H19NO6S/c1-4-12(21-5-2)13(16)15-22(18,19)11-8-6-7-10(9-11)14(17)20-3/h6-9,12H,4-5H2,1-3H3,(H,15,16)/t12-/m0/s1. The van der Waals surface area contributed by atoms with Crippen LogP contribution in [0.15, 0.2) is 29.2 Å². The van der Waals surface area contributed by atoms with Crippen molar-refractivity contribution in [1.29, 1.82) is 0 Å². The molecule has 0 saturated carbocycles. The maximum Gasteiger partial charge on any atom is 0.337 e. The molecule has 0 unspecified atom stereocenters. The highest BCUT2D eigenvalue weighted by Crippen LogP contribution is 2.13. The van der Waals surface area contributed by atoms with Crippen LogP contribution in [0.2, 0.25) is 0 Å². The maximum atomic E-state index is 12.2. The van der Waals surface area contributed by atoms with E-state index in [1.807, 2.05) is 4.72 Å². The highest BCUT2D eigenvalue weighted by Gasteiger charge is 2.24. The van der Waals surface area contributed by atoms with E-state index < -0.39 is 28.0 Å². The van der Waals surface area contributed by atoms with Gasteiger partial charge in [0.1, 0.15) is 6.10 Å². The number of amides is 1. The van der Waals surface area contributed by atoms with Gasteiger partial charge in [0, 0.05) is 6.61 Å². The summed E-state index contributed by atoms with van der Waals surface area (Å²) in [6, 6.07) is 5.24. The van der Waals surface area contributed by atoms with Crippen LogP contribution in [0, 0.1) is 0 Å². The molecule has 7 nitrogen and oxygen atoms in total. The van der Waals surface area contributed by atoms with Crippen molar-refractivity contribution in [2.24, 2.45) is 0 Å². The number of carbonyl (C=O) groups excluding carboxylic acids is 2. The molecule has 1 aromatic rings. The molecule has 22 heavy (non-hydrogen) atoms. The molecule has 0 aromatic heterocycles. The number of benzene rings is 1. The van der Waals surface area contributed by atoms with E-state index in [1.54, 1.807) is 13.8 Å². The molecular formula is C14H19NO6S. The van der Waals surface area contributed by atoms with Gasteiger partial charge in [-0.05, 0) is 31.5 Å². The van der Waals surface area contributed by atoms with Gasteiger partial charge in [-0.2, -0.15) is 0 Å². The van der Waals surface area contributed by atoms with Crippen molar-refractivity contribution < 1.29 is 27.5 Å². The van der Waals surface area contributed by atoms with E-state index in [-0.39, 0.29) is 10.5 Å². The zero-order valence-corrected chi connectivity index (χ0v) is 13.5. The number of methoxy groups -OCH3 is 1. The summed E-state index contributed by atoms with van der Waals surface area (Å²) < 4.78 is 36.0. The van der Waals surface area contributed by atoms with Crippen molar-refractivity contribution in [1.82, 2.24) is 4.72 Å². The molecule has 0 aliphatic rings. The first-order valence-corrected chi connectivity index (χ1v) is 8.20. The van der Waals surface area contributed by atoms with Gasteiger partial charge >= 0.3 is 5.97 Å². The number of ether oxygens (including phenoxy) is 2. The molecule has 1 aromatic carbocycles. The topological polar surface area (TPSA) is 98.8 Å². The summed E-state index contributed by atoms with van der Waals surface area (Å²) in [5, 5.41) is 0. The summed E-state index contributed by atoms with van der Waals surface area (Å²) in [6.45, 7) is 3.72. The second-order valence-electron chi connectivity index (χ2n) is 4.34. The third kappa shape index (κ3) is 4.54. The van der Waals surface area contributed by atoms with Gasteiger partial charge in [0.25, 0.3) is 15.9 Å². The van der Waals surface area contributed by atoms with Crippen LogP contribution in [-0.4, -0.2) is 40.1 Å². The van der Waals surface area contributed by atoms with Gasteiger partial charge < -0.3 is 9.47 Å². The average molecular weight is 329 g/mol. The molecule has 0 bridgehead atoms. The zero-order valence-electron chi connectivity index (χ0n) is 12.7. The van der Waals surface area contributed by atoms with Crippen LogP contribution < -0.4 is 4.72 Å². The zero-order chi connectivity index (χ0) is 16.8. The summed E-state index contributed by atoms with van der Waals surface area (Å²) in [6.07, 6.45) is -0.499. The molecule has 0 fully saturated rings. The third-order valence-corrected chi connectivity index (χ3v) is 4.18. The van der Waals surface area contributed by atoms with Crippen LogP contribution in [0.1, 0.15) is 30.6 Å². The van der Waals surface area contributed by atoms with Gasteiger partial charge in [-0.15, -0.1) is 0 Å². The van der Waals surface area contributed by atoms with E-state index in [4.69, 9.17) is 4.74 Å². The van der Waals surface area contributed by atoms with Crippen molar-refractivity contribution in [3.05, 3.63) is 29.8 Å². The molecular weight excluding hydrogens is 310 g/mol. The highest BCUT2D eigenvalue weighted by molar-refractivity contribution is 7.90. The molecule has 0 aliphatic heterocycles. The van der Waals surface area contributed by atoms with Crippen LogP contribution in [0.5, 0.6) is 0 Å². The molecule has 0 spiro atoms. The van der Waals surface area contributed by atoms with Crippen LogP contribution in [0.4, 0.5) is 0 Å². The lowest BCUT2D eigenvalue weighted by Crippen LogP contribution is -2.39. The summed E-state index contributed by atoms with van der Waals surface area (Å²) in [4.78, 5) is 23.2.